The van der Waals surface area contributed by atoms with Crippen LogP contribution in [0.5, 0.6) is 5.75 Å². The van der Waals surface area contributed by atoms with Crippen LogP contribution in [0, 0.1) is 5.92 Å². The summed E-state index contributed by atoms with van der Waals surface area (Å²) in [4.78, 5) is 0.119. The highest BCUT2D eigenvalue weighted by atomic mass is 32.2. The van der Waals surface area contributed by atoms with Crippen molar-refractivity contribution in [1.82, 2.24) is 9.46 Å². The van der Waals surface area contributed by atoms with Crippen LogP contribution in [0.25, 0.3) is 11.3 Å². The number of sulfonamides is 1. The highest BCUT2D eigenvalue weighted by molar-refractivity contribution is 7.89. The van der Waals surface area contributed by atoms with Crippen LogP contribution in [-0.4, -0.2) is 44.1 Å². The van der Waals surface area contributed by atoms with Crippen molar-refractivity contribution in [3.8, 4) is 17.1 Å². The number of rotatable bonds is 6. The highest BCUT2D eigenvalue weighted by Crippen LogP contribution is 2.34. The molecule has 7 nitrogen and oxygen atoms in total. The summed E-state index contributed by atoms with van der Waals surface area (Å²) in [7, 11) is -2.26. The summed E-state index contributed by atoms with van der Waals surface area (Å²) in [6.45, 7) is 2.84. The molecule has 136 valence electrons. The maximum Gasteiger partial charge on any atom is 0.246 e. The molecule has 2 atom stereocenters. The Balaban J connectivity index is 1.98. The number of benzene rings is 1. The molecule has 1 fully saturated rings. The van der Waals surface area contributed by atoms with Crippen LogP contribution in [0.1, 0.15) is 19.8 Å². The fourth-order valence-electron chi connectivity index (χ4n) is 3.26. The van der Waals surface area contributed by atoms with Crippen molar-refractivity contribution < 1.29 is 17.7 Å². The topological polar surface area (TPSA) is 98.7 Å². The number of nitrogens with two attached hydrogens (primary N) is 1. The van der Waals surface area contributed by atoms with E-state index in [4.69, 9.17) is 15.0 Å². The van der Waals surface area contributed by atoms with Gasteiger partial charge in [0.15, 0.2) is 5.76 Å². The van der Waals surface area contributed by atoms with Gasteiger partial charge in [0, 0.05) is 30.8 Å². The molecule has 1 aromatic heterocycles. The summed E-state index contributed by atoms with van der Waals surface area (Å²) >= 11 is 0. The van der Waals surface area contributed by atoms with E-state index in [2.05, 4.69) is 12.1 Å². The Hall–Kier alpha value is -1.90. The molecule has 2 N–H and O–H groups in total. The molecule has 0 bridgehead atoms. The second-order valence-electron chi connectivity index (χ2n) is 6.28. The van der Waals surface area contributed by atoms with Crippen molar-refractivity contribution in [3.05, 3.63) is 30.5 Å². The predicted octanol–water partition coefficient (Wildman–Crippen LogP) is 2.10. The first-order chi connectivity index (χ1) is 12.0. The number of methoxy groups -OCH3 is 1. The quantitative estimate of drug-likeness (QED) is 0.842. The van der Waals surface area contributed by atoms with Gasteiger partial charge < -0.3 is 15.0 Å². The molecule has 25 heavy (non-hydrogen) atoms. The Labute approximate surface area is 147 Å². The third-order valence-electron chi connectivity index (χ3n) is 4.62. The number of hydrogen-bond acceptors (Lipinski definition) is 6. The zero-order chi connectivity index (χ0) is 18.0. The molecular formula is C17H23N3O4S. The highest BCUT2D eigenvalue weighted by Gasteiger charge is 2.38. The Morgan fingerprint density at radius 3 is 2.80 bits per heavy atom. The van der Waals surface area contributed by atoms with Crippen molar-refractivity contribution >= 4 is 10.0 Å². The molecule has 0 amide bonds. The van der Waals surface area contributed by atoms with Crippen molar-refractivity contribution in [3.63, 3.8) is 0 Å². The second kappa shape index (κ2) is 7.15. The summed E-state index contributed by atoms with van der Waals surface area (Å²) in [6.07, 6.45) is 3.42. The lowest BCUT2D eigenvalue weighted by Gasteiger charge is -2.18. The Kier molecular flexibility index (Phi) is 5.12. The van der Waals surface area contributed by atoms with Gasteiger partial charge in [-0.3, -0.25) is 0 Å². The average molecular weight is 365 g/mol. The van der Waals surface area contributed by atoms with Gasteiger partial charge in [0.1, 0.15) is 10.6 Å². The molecule has 2 aromatic rings. The summed E-state index contributed by atoms with van der Waals surface area (Å²) in [5.41, 5.74) is 6.78. The summed E-state index contributed by atoms with van der Waals surface area (Å²) < 4.78 is 38.2. The number of hydrogen-bond donors (Lipinski definition) is 1. The molecule has 0 radical (unpaired) electrons. The lowest BCUT2D eigenvalue weighted by molar-refractivity contribution is 0.396. The fraction of sp³-hybridized carbons (Fsp3) is 0.471. The number of ether oxygens (including phenoxy) is 1. The maximum absolute atomic E-state index is 13.2. The van der Waals surface area contributed by atoms with E-state index in [0.717, 1.165) is 12.8 Å². The third kappa shape index (κ3) is 3.42. The largest absolute Gasteiger partial charge is 0.495 e. The van der Waals surface area contributed by atoms with Crippen LogP contribution in [0.2, 0.25) is 0 Å². The zero-order valence-electron chi connectivity index (χ0n) is 14.4. The molecular weight excluding hydrogens is 342 g/mol. The molecule has 0 aliphatic carbocycles. The molecule has 8 heteroatoms. The van der Waals surface area contributed by atoms with Crippen molar-refractivity contribution in [2.24, 2.45) is 11.7 Å². The molecule has 0 saturated carbocycles. The number of aromatic nitrogens is 1. The molecule has 1 saturated heterocycles. The molecule has 2 heterocycles. The predicted molar refractivity (Wildman–Crippen MR) is 93.6 cm³/mol. The van der Waals surface area contributed by atoms with Crippen molar-refractivity contribution in [2.45, 2.75) is 30.7 Å². The molecule has 1 aliphatic heterocycles. The van der Waals surface area contributed by atoms with Gasteiger partial charge in [0.2, 0.25) is 10.0 Å². The van der Waals surface area contributed by atoms with Crippen LogP contribution in [0.4, 0.5) is 0 Å². The van der Waals surface area contributed by atoms with E-state index >= 15 is 0 Å². The van der Waals surface area contributed by atoms with Crippen LogP contribution >= 0.6 is 0 Å². The van der Waals surface area contributed by atoms with Gasteiger partial charge in [-0.15, -0.1) is 0 Å². The van der Waals surface area contributed by atoms with E-state index in [-0.39, 0.29) is 16.9 Å². The minimum absolute atomic E-state index is 0.119. The fourth-order valence-corrected chi connectivity index (χ4v) is 4.98. The molecule has 0 spiro atoms. The van der Waals surface area contributed by atoms with Gasteiger partial charge in [-0.1, -0.05) is 18.5 Å². The van der Waals surface area contributed by atoms with Gasteiger partial charge in [-0.25, -0.2) is 8.42 Å². The maximum atomic E-state index is 13.2. The monoisotopic (exact) mass is 365 g/mol. The van der Waals surface area contributed by atoms with E-state index in [1.807, 2.05) is 0 Å². The first-order valence-corrected chi connectivity index (χ1v) is 9.76. The van der Waals surface area contributed by atoms with Crippen LogP contribution in [-0.2, 0) is 10.0 Å². The van der Waals surface area contributed by atoms with Gasteiger partial charge in [0.25, 0.3) is 0 Å². The minimum atomic E-state index is -3.71. The Morgan fingerprint density at radius 1 is 1.36 bits per heavy atom. The van der Waals surface area contributed by atoms with Crippen LogP contribution in [0.15, 0.2) is 39.9 Å². The normalized spacial score (nSPS) is 21.6. The van der Waals surface area contributed by atoms with Crippen LogP contribution in [0.3, 0.4) is 0 Å². The van der Waals surface area contributed by atoms with E-state index in [1.165, 1.54) is 17.6 Å². The SMILES string of the molecule is CCC[C@@H]1CN(S(=O)(=O)c2cc(-c3ccno3)ccc2OC)C[C@H]1N. The Bertz CT molecular complexity index is 820. The second-order valence-corrected chi connectivity index (χ2v) is 8.18. The van der Waals surface area contributed by atoms with Gasteiger partial charge >= 0.3 is 0 Å². The lowest BCUT2D eigenvalue weighted by Crippen LogP contribution is -2.32. The summed E-state index contributed by atoms with van der Waals surface area (Å²) in [5, 5.41) is 3.67. The van der Waals surface area contributed by atoms with Gasteiger partial charge in [-0.05, 0) is 30.5 Å². The van der Waals surface area contributed by atoms with Crippen molar-refractivity contribution in [2.75, 3.05) is 20.2 Å². The smallest absolute Gasteiger partial charge is 0.246 e. The van der Waals surface area contributed by atoms with E-state index in [0.29, 0.717) is 30.2 Å². The van der Waals surface area contributed by atoms with Gasteiger partial charge in [-0.2, -0.15) is 4.31 Å². The number of nitrogens with zero attached hydrogens (tertiary/aromatic N) is 2. The third-order valence-corrected chi connectivity index (χ3v) is 6.47. The first-order valence-electron chi connectivity index (χ1n) is 8.32. The van der Waals surface area contributed by atoms with Crippen molar-refractivity contribution in [1.29, 1.82) is 0 Å². The lowest BCUT2D eigenvalue weighted by atomic mass is 9.99. The van der Waals surface area contributed by atoms with E-state index in [1.54, 1.807) is 24.3 Å². The average Bonchev–Trinajstić information content (AvgIpc) is 3.25. The minimum Gasteiger partial charge on any atom is -0.495 e. The van der Waals surface area contributed by atoms with Gasteiger partial charge in [0.05, 0.1) is 13.3 Å². The summed E-state index contributed by atoms with van der Waals surface area (Å²) in [6, 6.07) is 6.48. The van der Waals surface area contributed by atoms with E-state index < -0.39 is 10.0 Å². The summed E-state index contributed by atoms with van der Waals surface area (Å²) in [5.74, 6) is 0.986. The molecule has 3 rings (SSSR count). The molecule has 0 unspecified atom stereocenters. The zero-order valence-corrected chi connectivity index (χ0v) is 15.2. The molecule has 1 aromatic carbocycles. The first kappa shape index (κ1) is 17.9. The standard InChI is InChI=1S/C17H23N3O4S/c1-3-4-13-10-20(11-14(13)18)25(21,22)17-9-12(5-6-16(17)23-2)15-7-8-19-24-15/h5-9,13-14H,3-4,10-11,18H2,1-2H3/t13-,14-/m1/s1. The van der Waals surface area contributed by atoms with Crippen LogP contribution < -0.4 is 10.5 Å². The van der Waals surface area contributed by atoms with E-state index in [9.17, 15) is 8.42 Å². The Morgan fingerprint density at radius 2 is 2.16 bits per heavy atom. The molecule has 1 aliphatic rings.